The predicted octanol–water partition coefficient (Wildman–Crippen LogP) is 4.69. The summed E-state index contributed by atoms with van der Waals surface area (Å²) in [6.07, 6.45) is -4.58. The van der Waals surface area contributed by atoms with Crippen molar-refractivity contribution < 1.29 is 46.1 Å². The highest BCUT2D eigenvalue weighted by atomic mass is 19.4. The van der Waals surface area contributed by atoms with Crippen molar-refractivity contribution in [2.75, 3.05) is 20.3 Å². The molecule has 15 heteroatoms. The zero-order valence-corrected chi connectivity index (χ0v) is 24.5. The van der Waals surface area contributed by atoms with Gasteiger partial charge in [-0.15, -0.1) is 0 Å². The first-order valence-corrected chi connectivity index (χ1v) is 14.2. The Kier molecular flexibility index (Phi) is 7.41. The number of nitrogens with two attached hydrogens (primary N) is 1. The second kappa shape index (κ2) is 10.9. The molecule has 2 aromatic carbocycles. The number of hydrogen-bond donors (Lipinski definition) is 3. The van der Waals surface area contributed by atoms with E-state index in [2.05, 4.69) is 15.4 Å². The van der Waals surface area contributed by atoms with Gasteiger partial charge in [-0.05, 0) is 38.0 Å². The number of fused-ring (bicyclic) bond motifs is 2. The van der Waals surface area contributed by atoms with Gasteiger partial charge in [0.2, 0.25) is 11.5 Å². The largest absolute Gasteiger partial charge is 0.494 e. The molecule has 0 bridgehead atoms. The van der Waals surface area contributed by atoms with Crippen molar-refractivity contribution >= 4 is 22.7 Å². The van der Waals surface area contributed by atoms with Crippen LogP contribution in [0.1, 0.15) is 59.4 Å². The molecular weight excluding hydrogens is 617 g/mol. The number of primary amides is 1. The van der Waals surface area contributed by atoms with Crippen LogP contribution in [-0.2, 0) is 15.8 Å². The molecule has 4 N–H and O–H groups in total. The monoisotopic (exact) mass is 645 g/mol. The Morgan fingerprint density at radius 3 is 2.48 bits per heavy atom. The van der Waals surface area contributed by atoms with E-state index in [1.165, 1.54) is 38.3 Å². The summed E-state index contributed by atoms with van der Waals surface area (Å²) >= 11 is 0. The van der Waals surface area contributed by atoms with Gasteiger partial charge in [0.1, 0.15) is 34.7 Å². The molecule has 46 heavy (non-hydrogen) atoms. The van der Waals surface area contributed by atoms with Crippen LogP contribution in [0.5, 0.6) is 11.5 Å². The maximum Gasteiger partial charge on any atom is 0.424 e. The molecule has 242 valence electrons. The summed E-state index contributed by atoms with van der Waals surface area (Å²) in [6, 6.07) is 8.43. The lowest BCUT2D eigenvalue weighted by Crippen LogP contribution is -2.51. The lowest BCUT2D eigenvalue weighted by atomic mass is 9.81. The minimum absolute atomic E-state index is 0.0411. The molecule has 0 unspecified atom stereocenters. The Balaban J connectivity index is 1.40. The fourth-order valence-electron chi connectivity index (χ4n) is 5.36. The van der Waals surface area contributed by atoms with Crippen LogP contribution in [0, 0.1) is 0 Å². The molecule has 1 aliphatic carbocycles. The number of nitrogens with zero attached hydrogens (tertiary/aromatic N) is 3. The van der Waals surface area contributed by atoms with Crippen LogP contribution in [0.4, 0.5) is 22.0 Å². The molecule has 4 aromatic rings. The van der Waals surface area contributed by atoms with Crippen LogP contribution in [-0.4, -0.2) is 58.1 Å². The van der Waals surface area contributed by atoms with E-state index in [-0.39, 0.29) is 52.1 Å². The van der Waals surface area contributed by atoms with Crippen LogP contribution >= 0.6 is 0 Å². The van der Waals surface area contributed by atoms with Crippen LogP contribution in [0.25, 0.3) is 22.2 Å². The van der Waals surface area contributed by atoms with Gasteiger partial charge in [0, 0.05) is 33.8 Å². The van der Waals surface area contributed by atoms with E-state index in [1.807, 2.05) is 0 Å². The van der Waals surface area contributed by atoms with Crippen molar-refractivity contribution in [3.8, 4) is 22.8 Å². The van der Waals surface area contributed by atoms with E-state index in [0.29, 0.717) is 10.9 Å². The van der Waals surface area contributed by atoms with Crippen molar-refractivity contribution in [2.45, 2.75) is 49.4 Å². The Morgan fingerprint density at radius 2 is 1.89 bits per heavy atom. The van der Waals surface area contributed by atoms with Crippen LogP contribution in [0.15, 0.2) is 48.7 Å². The lowest BCUT2D eigenvalue weighted by molar-refractivity contribution is -0.265. The standard InChI is InChI=1S/C31H28F5N5O5/c1-29(28(37)43)14-46-25-20(29)11-22(39-24(25)15-3-5-16(6-4-15)26(32)33)30(44,31(34,35)36)13-38-27(42)17-9-18-12-41(19-7-8-19)40-23(18)21(10-17)45-2/h3-6,9-12,19,26,44H,7-8,13-14H2,1-2H3,(H2,37,43)(H,38,42)/t29-,30+/m0/s1. The van der Waals surface area contributed by atoms with E-state index < -0.39 is 47.7 Å². The molecule has 0 radical (unpaired) electrons. The normalized spacial score (nSPS) is 19.1. The zero-order valence-electron chi connectivity index (χ0n) is 24.5. The third-order valence-corrected chi connectivity index (χ3v) is 8.44. The van der Waals surface area contributed by atoms with Crippen LogP contribution < -0.4 is 20.5 Å². The lowest BCUT2D eigenvalue weighted by Gasteiger charge is -2.31. The minimum Gasteiger partial charge on any atom is -0.494 e. The quantitative estimate of drug-likeness (QED) is 0.224. The maximum atomic E-state index is 14.8. The first kappa shape index (κ1) is 31.2. The van der Waals surface area contributed by atoms with Crippen molar-refractivity contribution in [3.05, 3.63) is 71.0 Å². The average molecular weight is 646 g/mol. The number of aromatic nitrogens is 3. The summed E-state index contributed by atoms with van der Waals surface area (Å²) in [5, 5.41) is 18.5. The number of halogens is 5. The molecule has 2 amide bonds. The number of pyridine rings is 1. The second-order valence-corrected chi connectivity index (χ2v) is 11.6. The highest BCUT2D eigenvalue weighted by molar-refractivity contribution is 6.00. The number of hydrogen-bond acceptors (Lipinski definition) is 7. The number of amides is 2. The summed E-state index contributed by atoms with van der Waals surface area (Å²) in [5.41, 5.74) is -0.911. The van der Waals surface area contributed by atoms with Gasteiger partial charge in [-0.25, -0.2) is 13.8 Å². The third-order valence-electron chi connectivity index (χ3n) is 8.44. The highest BCUT2D eigenvalue weighted by Gasteiger charge is 2.57. The Bertz CT molecular complexity index is 1860. The number of methoxy groups -OCH3 is 1. The van der Waals surface area contributed by atoms with E-state index in [4.69, 9.17) is 15.2 Å². The Morgan fingerprint density at radius 1 is 1.20 bits per heavy atom. The molecule has 0 spiro atoms. The maximum absolute atomic E-state index is 14.8. The number of rotatable bonds is 9. The van der Waals surface area contributed by atoms with Gasteiger partial charge in [-0.1, -0.05) is 24.3 Å². The number of aliphatic hydroxyl groups is 1. The van der Waals surface area contributed by atoms with Gasteiger partial charge in [0.05, 0.1) is 25.4 Å². The molecule has 2 aromatic heterocycles. The molecule has 0 saturated heterocycles. The van der Waals surface area contributed by atoms with Crippen LogP contribution in [0.2, 0.25) is 0 Å². The number of carbonyl (C=O) groups is 2. The summed E-state index contributed by atoms with van der Waals surface area (Å²) in [6.45, 7) is -0.355. The smallest absolute Gasteiger partial charge is 0.424 e. The summed E-state index contributed by atoms with van der Waals surface area (Å²) < 4.78 is 83.4. The molecule has 6 rings (SSSR count). The molecule has 1 aliphatic heterocycles. The van der Waals surface area contributed by atoms with Gasteiger partial charge in [-0.2, -0.15) is 18.3 Å². The zero-order chi connectivity index (χ0) is 33.2. The van der Waals surface area contributed by atoms with Crippen molar-refractivity contribution in [1.82, 2.24) is 20.1 Å². The van der Waals surface area contributed by atoms with Gasteiger partial charge < -0.3 is 25.6 Å². The second-order valence-electron chi connectivity index (χ2n) is 11.6. The topological polar surface area (TPSA) is 142 Å². The molecular formula is C31H28F5N5O5. The van der Waals surface area contributed by atoms with Crippen LogP contribution in [0.3, 0.4) is 0 Å². The van der Waals surface area contributed by atoms with Gasteiger partial charge in [0.25, 0.3) is 12.3 Å². The predicted molar refractivity (Wildman–Crippen MR) is 154 cm³/mol. The van der Waals surface area contributed by atoms with Crippen molar-refractivity contribution in [2.24, 2.45) is 5.73 Å². The molecule has 1 saturated carbocycles. The fourth-order valence-corrected chi connectivity index (χ4v) is 5.36. The van der Waals surface area contributed by atoms with Crippen molar-refractivity contribution in [1.29, 1.82) is 0 Å². The number of nitrogens with one attached hydrogen (secondary N) is 1. The molecule has 10 nitrogen and oxygen atoms in total. The van der Waals surface area contributed by atoms with Crippen molar-refractivity contribution in [3.63, 3.8) is 0 Å². The number of alkyl halides is 5. The van der Waals surface area contributed by atoms with Gasteiger partial charge in [-0.3, -0.25) is 14.3 Å². The minimum atomic E-state index is -5.39. The van der Waals surface area contributed by atoms with E-state index in [0.717, 1.165) is 31.0 Å². The van der Waals surface area contributed by atoms with E-state index >= 15 is 0 Å². The summed E-state index contributed by atoms with van der Waals surface area (Å²) in [7, 11) is 1.37. The third kappa shape index (κ3) is 5.17. The number of ether oxygens (including phenoxy) is 2. The SMILES string of the molecule is COc1cc(C(=O)NC[C@@](O)(c2cc3c(c(-c4ccc(C(F)F)cc4)n2)OC[C@]3(C)C(N)=O)C(F)(F)F)cc2cn(C3CC3)nc12. The fraction of sp³-hybridized carbons (Fsp3) is 0.355. The molecule has 2 aliphatic rings. The Labute approximate surface area is 258 Å². The van der Waals surface area contributed by atoms with Gasteiger partial charge in [0.15, 0.2) is 0 Å². The number of carbonyl (C=O) groups excluding carboxylic acids is 2. The first-order valence-electron chi connectivity index (χ1n) is 14.2. The number of benzene rings is 2. The molecule has 2 atom stereocenters. The molecule has 1 fully saturated rings. The molecule has 3 heterocycles. The van der Waals surface area contributed by atoms with Gasteiger partial charge >= 0.3 is 6.18 Å². The first-order chi connectivity index (χ1) is 21.7. The van der Waals surface area contributed by atoms with E-state index in [9.17, 15) is 36.6 Å². The Hall–Kier alpha value is -4.79. The average Bonchev–Trinajstić information content (AvgIpc) is 3.69. The van der Waals surface area contributed by atoms with E-state index in [1.54, 1.807) is 10.9 Å². The summed E-state index contributed by atoms with van der Waals surface area (Å²) in [4.78, 5) is 29.8. The highest BCUT2D eigenvalue weighted by Crippen LogP contribution is 2.48. The summed E-state index contributed by atoms with van der Waals surface area (Å²) in [5.74, 6) is -1.71.